The van der Waals surface area contributed by atoms with Gasteiger partial charge in [-0.15, -0.1) is 13.2 Å². The Labute approximate surface area is 289 Å². The second kappa shape index (κ2) is 47.6. The zero-order chi connectivity index (χ0) is 34.6. The zero-order valence-electron chi connectivity index (χ0n) is 31.3. The Hall–Kier alpha value is -1.84. The minimum Gasteiger partial charge on any atom is -0.366 e. The molecule has 0 saturated heterocycles. The number of carbonyl (C=O) groups excluding carboxylic acids is 2. The van der Waals surface area contributed by atoms with Gasteiger partial charge in [-0.25, -0.2) is 0 Å². The molecule has 4 nitrogen and oxygen atoms in total. The minimum atomic E-state index is -0.332. The molecule has 2 amide bonds. The molecule has 272 valence electrons. The van der Waals surface area contributed by atoms with Crippen LogP contribution >= 0.6 is 0 Å². The van der Waals surface area contributed by atoms with Crippen LogP contribution in [0.3, 0.4) is 0 Å². The fraction of sp³-hybridized carbons (Fsp3) is 0.810. The zero-order valence-corrected chi connectivity index (χ0v) is 31.3. The normalized spacial score (nSPS) is 10.9. The molecule has 0 atom stereocenters. The minimum absolute atomic E-state index is 0.332. The van der Waals surface area contributed by atoms with E-state index < -0.39 is 0 Å². The third kappa shape index (κ3) is 54.6. The van der Waals surface area contributed by atoms with Crippen molar-refractivity contribution in [3.05, 3.63) is 37.5 Å². The average Bonchev–Trinajstić information content (AvgIpc) is 3.05. The molecule has 0 fully saturated rings. The van der Waals surface area contributed by atoms with E-state index in [4.69, 9.17) is 11.5 Å². The molecule has 0 spiro atoms. The van der Waals surface area contributed by atoms with E-state index in [9.17, 15) is 9.59 Å². The molecule has 0 aromatic carbocycles. The van der Waals surface area contributed by atoms with Crippen LogP contribution in [0.25, 0.3) is 0 Å². The molecule has 0 rings (SSSR count). The van der Waals surface area contributed by atoms with Crippen LogP contribution in [0.4, 0.5) is 0 Å². The van der Waals surface area contributed by atoms with Crippen molar-refractivity contribution in [3.8, 4) is 0 Å². The summed E-state index contributed by atoms with van der Waals surface area (Å²) >= 11 is 0. The maximum absolute atomic E-state index is 10.5. The number of hydrogen-bond donors (Lipinski definition) is 2. The van der Waals surface area contributed by atoms with Crippen LogP contribution in [0.5, 0.6) is 0 Å². The highest BCUT2D eigenvalue weighted by Gasteiger charge is 1.96. The molecule has 0 aromatic rings. The first-order valence-electron chi connectivity index (χ1n) is 20.0. The summed E-state index contributed by atoms with van der Waals surface area (Å²) in [5.74, 6) is -0.665. The highest BCUT2D eigenvalue weighted by molar-refractivity contribution is 5.85. The van der Waals surface area contributed by atoms with Gasteiger partial charge in [-0.2, -0.15) is 0 Å². The number of unbranched alkanes of at least 4 members (excludes halogenated alkanes) is 30. The summed E-state index contributed by atoms with van der Waals surface area (Å²) in [6.07, 6.45) is 50.4. The van der Waals surface area contributed by atoms with Gasteiger partial charge in [-0.1, -0.05) is 206 Å². The first kappa shape index (κ1) is 48.6. The van der Waals surface area contributed by atoms with Crippen LogP contribution in [0.15, 0.2) is 37.5 Å². The SMILES string of the molecule is C=C.CCCCCCCCCCCCCCCCC/C=C/C(N)=O.CCCCCCCCCCCCCCCCC/C=C/C(N)=O. The van der Waals surface area contributed by atoms with Crippen molar-refractivity contribution in [1.29, 1.82) is 0 Å². The second-order valence-corrected chi connectivity index (χ2v) is 13.1. The van der Waals surface area contributed by atoms with Crippen LogP contribution in [0.1, 0.15) is 219 Å². The van der Waals surface area contributed by atoms with E-state index in [-0.39, 0.29) is 11.8 Å². The van der Waals surface area contributed by atoms with Gasteiger partial charge in [0.05, 0.1) is 0 Å². The summed E-state index contributed by atoms with van der Waals surface area (Å²) in [5, 5.41) is 0. The summed E-state index contributed by atoms with van der Waals surface area (Å²) < 4.78 is 0. The molecule has 0 heterocycles. The van der Waals surface area contributed by atoms with Gasteiger partial charge in [-0.3, -0.25) is 9.59 Å². The van der Waals surface area contributed by atoms with E-state index in [0.29, 0.717) is 0 Å². The predicted molar refractivity (Wildman–Crippen MR) is 207 cm³/mol. The molecule has 0 aliphatic heterocycles. The number of nitrogens with two attached hydrogens (primary N) is 2. The maximum Gasteiger partial charge on any atom is 0.241 e. The van der Waals surface area contributed by atoms with Gasteiger partial charge >= 0.3 is 0 Å². The third-order valence-corrected chi connectivity index (χ3v) is 8.51. The summed E-state index contributed by atoms with van der Waals surface area (Å²) in [4.78, 5) is 21.0. The van der Waals surface area contributed by atoms with Crippen molar-refractivity contribution in [3.63, 3.8) is 0 Å². The lowest BCUT2D eigenvalue weighted by atomic mass is 10.0. The number of carbonyl (C=O) groups is 2. The van der Waals surface area contributed by atoms with Gasteiger partial charge in [0, 0.05) is 0 Å². The van der Waals surface area contributed by atoms with E-state index >= 15 is 0 Å². The fourth-order valence-electron chi connectivity index (χ4n) is 5.67. The summed E-state index contributed by atoms with van der Waals surface area (Å²) in [5.41, 5.74) is 10.1. The van der Waals surface area contributed by atoms with Crippen LogP contribution in [-0.2, 0) is 9.59 Å². The van der Waals surface area contributed by atoms with E-state index in [1.54, 1.807) is 0 Å². The Balaban J connectivity index is -0.000000762. The first-order chi connectivity index (χ1) is 22.5. The van der Waals surface area contributed by atoms with Crippen molar-refractivity contribution >= 4 is 11.8 Å². The molecular formula is C42H82N2O2. The summed E-state index contributed by atoms with van der Waals surface area (Å²) in [6.45, 7) is 10.6. The molecular weight excluding hydrogens is 564 g/mol. The van der Waals surface area contributed by atoms with Crippen LogP contribution in [0, 0.1) is 0 Å². The summed E-state index contributed by atoms with van der Waals surface area (Å²) in [6, 6.07) is 0. The summed E-state index contributed by atoms with van der Waals surface area (Å²) in [7, 11) is 0. The number of amides is 2. The molecule has 0 aliphatic carbocycles. The Morgan fingerprint density at radius 2 is 0.543 bits per heavy atom. The Bertz CT molecular complexity index is 590. The van der Waals surface area contributed by atoms with Crippen molar-refractivity contribution in [1.82, 2.24) is 0 Å². The molecule has 4 heteroatoms. The monoisotopic (exact) mass is 647 g/mol. The Kier molecular flexibility index (Phi) is 50.2. The largest absolute Gasteiger partial charge is 0.366 e. The molecule has 0 aromatic heterocycles. The van der Waals surface area contributed by atoms with Crippen molar-refractivity contribution < 1.29 is 9.59 Å². The van der Waals surface area contributed by atoms with Crippen LogP contribution < -0.4 is 11.5 Å². The molecule has 4 N–H and O–H groups in total. The Morgan fingerprint density at radius 1 is 0.370 bits per heavy atom. The lowest BCUT2D eigenvalue weighted by Crippen LogP contribution is -2.05. The highest BCUT2D eigenvalue weighted by atomic mass is 16.1. The third-order valence-electron chi connectivity index (χ3n) is 8.51. The smallest absolute Gasteiger partial charge is 0.241 e. The first-order valence-corrected chi connectivity index (χ1v) is 20.0. The lowest BCUT2D eigenvalue weighted by Gasteiger charge is -2.03. The van der Waals surface area contributed by atoms with Crippen LogP contribution in [0.2, 0.25) is 0 Å². The van der Waals surface area contributed by atoms with Crippen LogP contribution in [-0.4, -0.2) is 11.8 Å². The van der Waals surface area contributed by atoms with Gasteiger partial charge < -0.3 is 11.5 Å². The maximum atomic E-state index is 10.5. The second-order valence-electron chi connectivity index (χ2n) is 13.1. The standard InChI is InChI=1S/2C20H39NO.C2H4/c2*1-2-3-4-5-6-7-8-9-10-11-12-13-14-15-16-17-18-19-20(21)22;1-2/h2*18-19H,2-17H2,1H3,(H2,21,22);1-2H2/b2*19-18+;. The molecule has 0 bridgehead atoms. The van der Waals surface area contributed by atoms with E-state index in [1.165, 1.54) is 205 Å². The van der Waals surface area contributed by atoms with E-state index in [0.717, 1.165) is 12.8 Å². The number of allylic oxidation sites excluding steroid dienone is 2. The molecule has 0 aliphatic rings. The van der Waals surface area contributed by atoms with Gasteiger partial charge in [0.2, 0.25) is 11.8 Å². The number of primary amides is 2. The fourth-order valence-corrected chi connectivity index (χ4v) is 5.67. The molecule has 0 saturated carbocycles. The lowest BCUT2D eigenvalue weighted by molar-refractivity contribution is -0.114. The van der Waals surface area contributed by atoms with Gasteiger partial charge in [0.1, 0.15) is 0 Å². The van der Waals surface area contributed by atoms with E-state index in [1.807, 2.05) is 12.2 Å². The number of rotatable bonds is 34. The van der Waals surface area contributed by atoms with Crippen molar-refractivity contribution in [2.24, 2.45) is 11.5 Å². The Morgan fingerprint density at radius 3 is 0.717 bits per heavy atom. The van der Waals surface area contributed by atoms with Gasteiger partial charge in [0.15, 0.2) is 0 Å². The average molecular weight is 647 g/mol. The van der Waals surface area contributed by atoms with Crippen molar-refractivity contribution in [2.75, 3.05) is 0 Å². The highest BCUT2D eigenvalue weighted by Crippen LogP contribution is 2.15. The van der Waals surface area contributed by atoms with Gasteiger partial charge in [-0.05, 0) is 37.8 Å². The van der Waals surface area contributed by atoms with Crippen molar-refractivity contribution in [2.45, 2.75) is 219 Å². The molecule has 0 unspecified atom stereocenters. The molecule has 46 heavy (non-hydrogen) atoms. The van der Waals surface area contributed by atoms with Gasteiger partial charge in [0.25, 0.3) is 0 Å². The quantitative estimate of drug-likeness (QED) is 0.0414. The van der Waals surface area contributed by atoms with E-state index in [2.05, 4.69) is 27.0 Å². The predicted octanol–water partition coefficient (Wildman–Crippen LogP) is 13.4. The number of hydrogen-bond acceptors (Lipinski definition) is 2. The molecule has 0 radical (unpaired) electrons. The topological polar surface area (TPSA) is 86.2 Å².